The topological polar surface area (TPSA) is 71.9 Å². The first kappa shape index (κ1) is 20.2. The van der Waals surface area contributed by atoms with Crippen LogP contribution in [0, 0.1) is 17.8 Å². The van der Waals surface area contributed by atoms with E-state index in [-0.39, 0.29) is 29.9 Å². The first-order valence-corrected chi connectivity index (χ1v) is 10.9. The van der Waals surface area contributed by atoms with Crippen molar-refractivity contribution in [3.63, 3.8) is 0 Å². The van der Waals surface area contributed by atoms with Crippen molar-refractivity contribution in [3.05, 3.63) is 24.3 Å². The zero-order valence-electron chi connectivity index (χ0n) is 17.8. The SMILES string of the molecule is COc1ccc(NC(=O)C[NH+](C)[C@@H](C)C(=O)NC23CC4CC(CC(C4)C2)C3)cc1. The van der Waals surface area contributed by atoms with Crippen molar-refractivity contribution in [1.82, 2.24) is 5.32 Å². The van der Waals surface area contributed by atoms with Crippen molar-refractivity contribution in [3.8, 4) is 5.75 Å². The predicted molar refractivity (Wildman–Crippen MR) is 112 cm³/mol. The summed E-state index contributed by atoms with van der Waals surface area (Å²) in [6, 6.07) is 7.00. The molecule has 0 aromatic heterocycles. The molecule has 2 atom stereocenters. The Bertz CT molecular complexity index is 726. The van der Waals surface area contributed by atoms with Crippen LogP contribution in [-0.4, -0.2) is 44.1 Å². The van der Waals surface area contributed by atoms with Crippen molar-refractivity contribution >= 4 is 17.5 Å². The maximum atomic E-state index is 13.0. The van der Waals surface area contributed by atoms with Crippen molar-refractivity contribution in [2.45, 2.75) is 57.0 Å². The lowest BCUT2D eigenvalue weighted by atomic mass is 9.53. The van der Waals surface area contributed by atoms with Gasteiger partial charge < -0.3 is 20.3 Å². The van der Waals surface area contributed by atoms with Gasteiger partial charge in [-0.1, -0.05) is 0 Å². The van der Waals surface area contributed by atoms with E-state index in [1.807, 2.05) is 38.2 Å². The van der Waals surface area contributed by atoms with Gasteiger partial charge in [0.15, 0.2) is 12.6 Å². The maximum absolute atomic E-state index is 13.0. The molecule has 158 valence electrons. The number of hydrogen-bond acceptors (Lipinski definition) is 3. The summed E-state index contributed by atoms with van der Waals surface area (Å²) in [6.45, 7) is 2.17. The number of rotatable bonds is 7. The molecule has 0 aliphatic heterocycles. The summed E-state index contributed by atoms with van der Waals surface area (Å²) < 4.78 is 5.13. The standard InChI is InChI=1S/C23H33N3O3/c1-15(26(2)14-21(27)24-19-4-6-20(29-3)7-5-19)22(28)25-23-11-16-8-17(12-23)10-18(9-16)13-23/h4-7,15-18H,8-14H2,1-3H3,(H,24,27)(H,25,28)/p+1/t15-,16?,17?,18?,23?/m0/s1. The molecule has 3 N–H and O–H groups in total. The zero-order chi connectivity index (χ0) is 20.6. The highest BCUT2D eigenvalue weighted by atomic mass is 16.5. The first-order valence-electron chi connectivity index (χ1n) is 10.9. The Morgan fingerprint density at radius 3 is 2.17 bits per heavy atom. The molecule has 6 nitrogen and oxygen atoms in total. The average Bonchev–Trinajstić information content (AvgIpc) is 2.66. The van der Waals surface area contributed by atoms with E-state index in [1.54, 1.807) is 7.11 Å². The number of nitrogens with one attached hydrogen (secondary N) is 3. The zero-order valence-corrected chi connectivity index (χ0v) is 17.8. The number of carbonyl (C=O) groups excluding carboxylic acids is 2. The Hall–Kier alpha value is -2.08. The number of quaternary nitrogens is 1. The number of methoxy groups -OCH3 is 1. The molecule has 1 aromatic carbocycles. The lowest BCUT2D eigenvalue weighted by molar-refractivity contribution is -0.885. The normalized spacial score (nSPS) is 31.8. The molecule has 4 aliphatic rings. The van der Waals surface area contributed by atoms with E-state index in [0.29, 0.717) is 0 Å². The van der Waals surface area contributed by atoms with Crippen LogP contribution in [0.4, 0.5) is 5.69 Å². The Morgan fingerprint density at radius 1 is 1.10 bits per heavy atom. The van der Waals surface area contributed by atoms with E-state index >= 15 is 0 Å². The second-order valence-electron chi connectivity index (χ2n) is 9.71. The average molecular weight is 401 g/mol. The van der Waals surface area contributed by atoms with Crippen LogP contribution < -0.4 is 20.3 Å². The van der Waals surface area contributed by atoms with E-state index < -0.39 is 0 Å². The molecule has 0 spiro atoms. The van der Waals surface area contributed by atoms with Gasteiger partial charge in [0.2, 0.25) is 0 Å². The van der Waals surface area contributed by atoms with Crippen LogP contribution in [0.3, 0.4) is 0 Å². The van der Waals surface area contributed by atoms with Crippen LogP contribution in [0.2, 0.25) is 0 Å². The first-order chi connectivity index (χ1) is 13.9. The number of anilines is 1. The summed E-state index contributed by atoms with van der Waals surface area (Å²) in [5.74, 6) is 3.15. The summed E-state index contributed by atoms with van der Waals surface area (Å²) in [6.07, 6.45) is 7.53. The summed E-state index contributed by atoms with van der Waals surface area (Å²) in [7, 11) is 3.53. The highest BCUT2D eigenvalue weighted by Crippen LogP contribution is 2.55. The molecule has 1 aromatic rings. The Balaban J connectivity index is 1.29. The van der Waals surface area contributed by atoms with Crippen LogP contribution in [0.25, 0.3) is 0 Å². The van der Waals surface area contributed by atoms with Crippen LogP contribution >= 0.6 is 0 Å². The monoisotopic (exact) mass is 400 g/mol. The van der Waals surface area contributed by atoms with Gasteiger partial charge in [-0.3, -0.25) is 9.59 Å². The van der Waals surface area contributed by atoms with Gasteiger partial charge in [0.25, 0.3) is 11.8 Å². The smallest absolute Gasteiger partial charge is 0.279 e. The Labute approximate surface area is 173 Å². The molecular weight excluding hydrogens is 366 g/mol. The van der Waals surface area contributed by atoms with E-state index in [4.69, 9.17) is 4.74 Å². The number of ether oxygens (including phenoxy) is 1. The predicted octanol–water partition coefficient (Wildman–Crippen LogP) is 1.62. The minimum absolute atomic E-state index is 0.0196. The summed E-state index contributed by atoms with van der Waals surface area (Å²) in [4.78, 5) is 26.3. The largest absolute Gasteiger partial charge is 0.497 e. The fraction of sp³-hybridized carbons (Fsp3) is 0.652. The van der Waals surface area contributed by atoms with E-state index in [9.17, 15) is 9.59 Å². The number of amides is 2. The van der Waals surface area contributed by atoms with Gasteiger partial charge in [-0.05, 0) is 87.5 Å². The second-order valence-corrected chi connectivity index (χ2v) is 9.71. The maximum Gasteiger partial charge on any atom is 0.279 e. The fourth-order valence-electron chi connectivity index (χ4n) is 6.14. The molecule has 0 heterocycles. The molecule has 1 unspecified atom stereocenters. The van der Waals surface area contributed by atoms with Gasteiger partial charge in [-0.15, -0.1) is 0 Å². The van der Waals surface area contributed by atoms with Gasteiger partial charge in [-0.2, -0.15) is 0 Å². The van der Waals surface area contributed by atoms with E-state index in [2.05, 4.69) is 10.6 Å². The molecule has 0 radical (unpaired) electrons. The molecule has 0 saturated heterocycles. The molecular formula is C23H34N3O3+. The van der Waals surface area contributed by atoms with Crippen LogP contribution in [-0.2, 0) is 9.59 Å². The third kappa shape index (κ3) is 4.42. The van der Waals surface area contributed by atoms with E-state index in [0.717, 1.165) is 53.4 Å². The summed E-state index contributed by atoms with van der Waals surface area (Å²) >= 11 is 0. The Morgan fingerprint density at radius 2 is 1.66 bits per heavy atom. The highest BCUT2D eigenvalue weighted by molar-refractivity contribution is 5.91. The lowest BCUT2D eigenvalue weighted by Crippen LogP contribution is -3.15. The van der Waals surface area contributed by atoms with Gasteiger partial charge >= 0.3 is 0 Å². The second kappa shape index (κ2) is 7.98. The summed E-state index contributed by atoms with van der Waals surface area (Å²) in [5.41, 5.74) is 0.750. The highest BCUT2D eigenvalue weighted by Gasteiger charge is 2.52. The van der Waals surface area contributed by atoms with Gasteiger partial charge in [0, 0.05) is 11.2 Å². The van der Waals surface area contributed by atoms with Crippen LogP contribution in [0.15, 0.2) is 24.3 Å². The van der Waals surface area contributed by atoms with E-state index in [1.165, 1.54) is 19.3 Å². The Kier molecular flexibility index (Phi) is 5.56. The molecule has 4 saturated carbocycles. The van der Waals surface area contributed by atoms with Gasteiger partial charge in [-0.25, -0.2) is 0 Å². The quantitative estimate of drug-likeness (QED) is 0.651. The van der Waals surface area contributed by atoms with Crippen molar-refractivity contribution < 1.29 is 19.2 Å². The molecule has 29 heavy (non-hydrogen) atoms. The fourth-order valence-corrected chi connectivity index (χ4v) is 6.14. The molecule has 4 bridgehead atoms. The summed E-state index contributed by atoms with van der Waals surface area (Å²) in [5, 5.41) is 6.33. The number of likely N-dealkylation sites (N-methyl/N-ethyl adjacent to an activating group) is 1. The lowest BCUT2D eigenvalue weighted by Gasteiger charge is -2.57. The van der Waals surface area contributed by atoms with Crippen LogP contribution in [0.5, 0.6) is 5.75 Å². The minimum atomic E-state index is -0.260. The molecule has 5 rings (SSSR count). The number of benzene rings is 1. The molecule has 4 fully saturated rings. The number of hydrogen-bond donors (Lipinski definition) is 3. The van der Waals surface area contributed by atoms with Gasteiger partial charge in [0.1, 0.15) is 5.75 Å². The van der Waals surface area contributed by atoms with Crippen molar-refractivity contribution in [2.75, 3.05) is 26.0 Å². The van der Waals surface area contributed by atoms with Gasteiger partial charge in [0.05, 0.1) is 14.2 Å². The van der Waals surface area contributed by atoms with Crippen LogP contribution in [0.1, 0.15) is 45.4 Å². The minimum Gasteiger partial charge on any atom is -0.497 e. The molecule has 4 aliphatic carbocycles. The molecule has 6 heteroatoms. The number of carbonyl (C=O) groups is 2. The van der Waals surface area contributed by atoms with Crippen molar-refractivity contribution in [1.29, 1.82) is 0 Å². The van der Waals surface area contributed by atoms with Crippen molar-refractivity contribution in [2.24, 2.45) is 17.8 Å². The third-order valence-electron chi connectivity index (χ3n) is 7.37. The third-order valence-corrected chi connectivity index (χ3v) is 7.37. The molecule has 2 amide bonds.